The average Bonchev–Trinajstić information content (AvgIpc) is 2.93. The summed E-state index contributed by atoms with van der Waals surface area (Å²) in [6.07, 6.45) is 2.31. The number of unbranched alkanes of at least 4 members (excludes halogenated alkanes) is 1. The maximum absolute atomic E-state index is 2.48. The number of anilines is 4. The van der Waals surface area contributed by atoms with Crippen molar-refractivity contribution in [2.45, 2.75) is 26.3 Å². The van der Waals surface area contributed by atoms with Crippen LogP contribution in [0.15, 0.2) is 127 Å². The molecule has 5 aromatic rings. The van der Waals surface area contributed by atoms with Crippen LogP contribution in [0, 0.1) is 0 Å². The lowest BCUT2D eigenvalue weighted by Crippen LogP contribution is -2.23. The number of benzene rings is 5. The SMILES string of the molecule is CCCCN(c1ccccc1)c1ccccc1CN(c1ccccc1)c1cccc2ccccc12. The van der Waals surface area contributed by atoms with Crippen LogP contribution in [-0.2, 0) is 6.54 Å². The lowest BCUT2D eigenvalue weighted by Gasteiger charge is -2.31. The fourth-order valence-electron chi connectivity index (χ4n) is 4.76. The first-order chi connectivity index (χ1) is 17.3. The van der Waals surface area contributed by atoms with Crippen molar-refractivity contribution in [1.29, 1.82) is 0 Å². The first-order valence-electron chi connectivity index (χ1n) is 12.6. The summed E-state index contributed by atoms with van der Waals surface area (Å²) in [5.74, 6) is 0. The van der Waals surface area contributed by atoms with Gasteiger partial charge in [-0.3, -0.25) is 0 Å². The molecule has 5 aromatic carbocycles. The van der Waals surface area contributed by atoms with Crippen LogP contribution in [0.4, 0.5) is 22.7 Å². The largest absolute Gasteiger partial charge is 0.341 e. The Bertz CT molecular complexity index is 1360. The minimum Gasteiger partial charge on any atom is -0.341 e. The molecule has 0 fully saturated rings. The van der Waals surface area contributed by atoms with E-state index in [1.807, 2.05) is 0 Å². The molecule has 0 aliphatic rings. The Balaban J connectivity index is 1.61. The Morgan fingerprint density at radius 3 is 1.83 bits per heavy atom. The third-order valence-electron chi connectivity index (χ3n) is 6.54. The highest BCUT2D eigenvalue weighted by molar-refractivity contribution is 5.96. The molecule has 0 bridgehead atoms. The topological polar surface area (TPSA) is 6.48 Å². The van der Waals surface area contributed by atoms with Gasteiger partial charge >= 0.3 is 0 Å². The lowest BCUT2D eigenvalue weighted by molar-refractivity contribution is 0.782. The van der Waals surface area contributed by atoms with E-state index in [0.717, 1.165) is 25.9 Å². The van der Waals surface area contributed by atoms with E-state index in [-0.39, 0.29) is 0 Å². The number of rotatable bonds is 9. The van der Waals surface area contributed by atoms with Crippen LogP contribution in [0.3, 0.4) is 0 Å². The van der Waals surface area contributed by atoms with Gasteiger partial charge in [-0.25, -0.2) is 0 Å². The third-order valence-corrected chi connectivity index (χ3v) is 6.54. The Labute approximate surface area is 209 Å². The Hall–Kier alpha value is -4.04. The summed E-state index contributed by atoms with van der Waals surface area (Å²) in [6, 6.07) is 45.6. The molecule has 5 rings (SSSR count). The Kier molecular flexibility index (Phi) is 7.10. The van der Waals surface area contributed by atoms with Gasteiger partial charge in [0.1, 0.15) is 0 Å². The van der Waals surface area contributed by atoms with E-state index < -0.39 is 0 Å². The van der Waals surface area contributed by atoms with Gasteiger partial charge in [0.15, 0.2) is 0 Å². The van der Waals surface area contributed by atoms with Crippen molar-refractivity contribution >= 4 is 33.5 Å². The molecule has 0 aliphatic heterocycles. The van der Waals surface area contributed by atoms with Crippen LogP contribution >= 0.6 is 0 Å². The van der Waals surface area contributed by atoms with E-state index in [1.165, 1.54) is 39.1 Å². The van der Waals surface area contributed by atoms with Gasteiger partial charge in [-0.1, -0.05) is 104 Å². The maximum Gasteiger partial charge on any atom is 0.0502 e. The molecule has 0 saturated heterocycles. The van der Waals surface area contributed by atoms with Crippen molar-refractivity contribution in [3.8, 4) is 0 Å². The van der Waals surface area contributed by atoms with E-state index >= 15 is 0 Å². The molecule has 0 saturated carbocycles. The van der Waals surface area contributed by atoms with Gasteiger partial charge in [0.25, 0.3) is 0 Å². The van der Waals surface area contributed by atoms with E-state index in [2.05, 4.69) is 144 Å². The number of fused-ring (bicyclic) bond motifs is 1. The second-order valence-electron chi connectivity index (χ2n) is 8.89. The van der Waals surface area contributed by atoms with Gasteiger partial charge in [0.05, 0.1) is 6.54 Å². The smallest absolute Gasteiger partial charge is 0.0502 e. The highest BCUT2D eigenvalue weighted by Gasteiger charge is 2.18. The minimum absolute atomic E-state index is 0.781. The maximum atomic E-state index is 2.48. The van der Waals surface area contributed by atoms with E-state index in [1.54, 1.807) is 0 Å². The van der Waals surface area contributed by atoms with Gasteiger partial charge in [0, 0.05) is 34.7 Å². The fraction of sp³-hybridized carbons (Fsp3) is 0.152. The van der Waals surface area contributed by atoms with Gasteiger partial charge < -0.3 is 9.80 Å². The van der Waals surface area contributed by atoms with Gasteiger partial charge in [-0.15, -0.1) is 0 Å². The molecule has 0 atom stereocenters. The summed E-state index contributed by atoms with van der Waals surface area (Å²) in [7, 11) is 0. The monoisotopic (exact) mass is 456 g/mol. The molecule has 0 N–H and O–H groups in total. The van der Waals surface area contributed by atoms with Crippen LogP contribution < -0.4 is 9.80 Å². The summed E-state index contributed by atoms with van der Waals surface area (Å²) in [6.45, 7) is 4.04. The molecule has 0 aromatic heterocycles. The molecule has 0 aliphatic carbocycles. The minimum atomic E-state index is 0.781. The summed E-state index contributed by atoms with van der Waals surface area (Å²) >= 11 is 0. The standard InChI is InChI=1S/C33H32N2/c1-2-3-25-34(29-18-6-4-7-19-29)32-23-13-11-16-28(32)26-35(30-20-8-5-9-21-30)33-24-14-17-27-15-10-12-22-31(27)33/h4-24H,2-3,25-26H2,1H3. The van der Waals surface area contributed by atoms with Crippen molar-refractivity contribution in [1.82, 2.24) is 0 Å². The van der Waals surface area contributed by atoms with Gasteiger partial charge in [-0.2, -0.15) is 0 Å². The van der Waals surface area contributed by atoms with E-state index in [0.29, 0.717) is 0 Å². The average molecular weight is 457 g/mol. The summed E-state index contributed by atoms with van der Waals surface area (Å²) in [5, 5.41) is 2.52. The van der Waals surface area contributed by atoms with Crippen LogP contribution in [0.5, 0.6) is 0 Å². The molecule has 0 spiro atoms. The van der Waals surface area contributed by atoms with Crippen LogP contribution in [0.1, 0.15) is 25.3 Å². The summed E-state index contributed by atoms with van der Waals surface area (Å²) < 4.78 is 0. The zero-order valence-corrected chi connectivity index (χ0v) is 20.3. The number of para-hydroxylation sites is 3. The van der Waals surface area contributed by atoms with Crippen LogP contribution in [0.25, 0.3) is 10.8 Å². The molecule has 0 heterocycles. The molecule has 0 radical (unpaired) electrons. The van der Waals surface area contributed by atoms with Crippen molar-refractivity contribution in [2.75, 3.05) is 16.3 Å². The number of nitrogens with zero attached hydrogens (tertiary/aromatic N) is 2. The molecule has 0 amide bonds. The molecular weight excluding hydrogens is 424 g/mol. The van der Waals surface area contributed by atoms with E-state index in [4.69, 9.17) is 0 Å². The van der Waals surface area contributed by atoms with Crippen molar-refractivity contribution in [3.05, 3.63) is 133 Å². The van der Waals surface area contributed by atoms with E-state index in [9.17, 15) is 0 Å². The van der Waals surface area contributed by atoms with Crippen LogP contribution in [0.2, 0.25) is 0 Å². The van der Waals surface area contributed by atoms with Crippen LogP contribution in [-0.4, -0.2) is 6.54 Å². The van der Waals surface area contributed by atoms with Gasteiger partial charge in [-0.05, 0) is 53.8 Å². The molecule has 174 valence electrons. The zero-order valence-electron chi connectivity index (χ0n) is 20.3. The van der Waals surface area contributed by atoms with Crippen molar-refractivity contribution < 1.29 is 0 Å². The van der Waals surface area contributed by atoms with Crippen molar-refractivity contribution in [2.24, 2.45) is 0 Å². The van der Waals surface area contributed by atoms with Gasteiger partial charge in [0.2, 0.25) is 0 Å². The molecular formula is C33H32N2. The third kappa shape index (κ3) is 5.07. The summed E-state index contributed by atoms with van der Waals surface area (Å²) in [4.78, 5) is 4.93. The predicted molar refractivity (Wildman–Crippen MR) is 151 cm³/mol. The molecule has 2 heteroatoms. The molecule has 2 nitrogen and oxygen atoms in total. The number of hydrogen-bond acceptors (Lipinski definition) is 2. The Morgan fingerprint density at radius 2 is 1.09 bits per heavy atom. The molecule has 35 heavy (non-hydrogen) atoms. The normalized spacial score (nSPS) is 10.9. The quantitative estimate of drug-likeness (QED) is 0.218. The van der Waals surface area contributed by atoms with Crippen molar-refractivity contribution in [3.63, 3.8) is 0 Å². The zero-order chi connectivity index (χ0) is 23.9. The first-order valence-corrected chi connectivity index (χ1v) is 12.6. The highest BCUT2D eigenvalue weighted by atomic mass is 15.2. The Morgan fingerprint density at radius 1 is 0.514 bits per heavy atom. The molecule has 0 unspecified atom stereocenters. The lowest BCUT2D eigenvalue weighted by atomic mass is 10.0. The highest BCUT2D eigenvalue weighted by Crippen LogP contribution is 2.36. The second-order valence-corrected chi connectivity index (χ2v) is 8.89. The summed E-state index contributed by atoms with van der Waals surface area (Å²) in [5.41, 5.74) is 6.24. The fourth-order valence-corrected chi connectivity index (χ4v) is 4.76. The first kappa shape index (κ1) is 22.7. The predicted octanol–water partition coefficient (Wildman–Crippen LogP) is 9.12. The second kappa shape index (κ2) is 10.9. The number of hydrogen-bond donors (Lipinski definition) is 0.